The van der Waals surface area contributed by atoms with Gasteiger partial charge in [-0.15, -0.1) is 0 Å². The van der Waals surface area contributed by atoms with Crippen LogP contribution < -0.4 is 10.6 Å². The number of rotatable bonds is 7. The number of methoxy groups -OCH3 is 1. The fourth-order valence-electron chi connectivity index (χ4n) is 4.52. The first-order valence-corrected chi connectivity index (χ1v) is 9.04. The summed E-state index contributed by atoms with van der Waals surface area (Å²) < 4.78 is 5.15. The van der Waals surface area contributed by atoms with Gasteiger partial charge in [0.1, 0.15) is 0 Å². The number of hydrogen-bond acceptors (Lipinski definition) is 4. The van der Waals surface area contributed by atoms with Crippen molar-refractivity contribution in [3.8, 4) is 0 Å². The Morgan fingerprint density at radius 2 is 1.86 bits per heavy atom. The Morgan fingerprint density at radius 1 is 1.18 bits per heavy atom. The van der Waals surface area contributed by atoms with E-state index in [9.17, 15) is 0 Å². The Labute approximate surface area is 137 Å². The van der Waals surface area contributed by atoms with Gasteiger partial charge in [-0.1, -0.05) is 0 Å². The van der Waals surface area contributed by atoms with E-state index in [1.54, 1.807) is 7.11 Å². The number of ether oxygens (including phenoxy) is 1. The van der Waals surface area contributed by atoms with E-state index in [2.05, 4.69) is 43.2 Å². The second kappa shape index (κ2) is 7.61. The summed E-state index contributed by atoms with van der Waals surface area (Å²) in [5.74, 6) is 0.823. The monoisotopic (exact) mass is 311 g/mol. The molecule has 0 aromatic heterocycles. The minimum absolute atomic E-state index is 0.237. The van der Waals surface area contributed by atoms with Crippen LogP contribution >= 0.6 is 0 Å². The molecule has 0 aromatic carbocycles. The van der Waals surface area contributed by atoms with Gasteiger partial charge in [0.15, 0.2) is 0 Å². The Balaban J connectivity index is 1.70. The molecular weight excluding hydrogens is 274 g/mol. The quantitative estimate of drug-likeness (QED) is 0.707. The molecule has 0 aliphatic carbocycles. The van der Waals surface area contributed by atoms with Crippen LogP contribution in [0.5, 0.6) is 0 Å². The fourth-order valence-corrected chi connectivity index (χ4v) is 4.52. The number of nitrogens with zero attached hydrogens (tertiary/aromatic N) is 1. The van der Waals surface area contributed by atoms with Gasteiger partial charge in [-0.25, -0.2) is 0 Å². The zero-order chi connectivity index (χ0) is 16.2. The molecule has 22 heavy (non-hydrogen) atoms. The third-order valence-corrected chi connectivity index (χ3v) is 5.08. The zero-order valence-corrected chi connectivity index (χ0v) is 15.4. The summed E-state index contributed by atoms with van der Waals surface area (Å²) in [5, 5.41) is 7.64. The number of nitrogens with one attached hydrogen (secondary N) is 2. The SMILES string of the molecule is COCCCN1CCC(CNC2CC(C)(C)NC(C)(C)C2)C1. The normalized spacial score (nSPS) is 29.0. The van der Waals surface area contributed by atoms with E-state index in [1.165, 1.54) is 45.4 Å². The number of likely N-dealkylation sites (tertiary alicyclic amines) is 1. The molecule has 130 valence electrons. The van der Waals surface area contributed by atoms with Crippen molar-refractivity contribution in [1.29, 1.82) is 0 Å². The van der Waals surface area contributed by atoms with Gasteiger partial charge in [0.05, 0.1) is 0 Å². The van der Waals surface area contributed by atoms with Crippen molar-refractivity contribution >= 4 is 0 Å². The van der Waals surface area contributed by atoms with Crippen LogP contribution in [0.3, 0.4) is 0 Å². The molecule has 0 saturated carbocycles. The van der Waals surface area contributed by atoms with Crippen molar-refractivity contribution in [1.82, 2.24) is 15.5 Å². The highest BCUT2D eigenvalue weighted by molar-refractivity contribution is 4.99. The van der Waals surface area contributed by atoms with Crippen molar-refractivity contribution in [3.63, 3.8) is 0 Å². The van der Waals surface area contributed by atoms with Gasteiger partial charge >= 0.3 is 0 Å². The van der Waals surface area contributed by atoms with E-state index in [0.29, 0.717) is 6.04 Å². The molecule has 4 nitrogen and oxygen atoms in total. The Bertz CT molecular complexity index is 327. The molecule has 4 heteroatoms. The lowest BCUT2D eigenvalue weighted by Crippen LogP contribution is -2.61. The van der Waals surface area contributed by atoms with Crippen LogP contribution in [-0.2, 0) is 4.74 Å². The van der Waals surface area contributed by atoms with Gasteiger partial charge < -0.3 is 20.3 Å². The van der Waals surface area contributed by atoms with Crippen LogP contribution in [0.2, 0.25) is 0 Å². The van der Waals surface area contributed by atoms with Crippen molar-refractivity contribution < 1.29 is 4.74 Å². The summed E-state index contributed by atoms with van der Waals surface area (Å²) in [6.07, 6.45) is 4.95. The summed E-state index contributed by atoms with van der Waals surface area (Å²) in [7, 11) is 1.79. The average molecular weight is 312 g/mol. The topological polar surface area (TPSA) is 36.5 Å². The molecule has 2 aliphatic rings. The van der Waals surface area contributed by atoms with Gasteiger partial charge in [-0.3, -0.25) is 0 Å². The molecule has 0 spiro atoms. The van der Waals surface area contributed by atoms with Crippen LogP contribution in [0.15, 0.2) is 0 Å². The highest BCUT2D eigenvalue weighted by Crippen LogP contribution is 2.28. The van der Waals surface area contributed by atoms with Crippen LogP contribution in [0.25, 0.3) is 0 Å². The molecule has 0 bridgehead atoms. The molecule has 1 unspecified atom stereocenters. The summed E-state index contributed by atoms with van der Waals surface area (Å²) >= 11 is 0. The molecule has 2 N–H and O–H groups in total. The van der Waals surface area contributed by atoms with E-state index in [4.69, 9.17) is 4.74 Å². The minimum atomic E-state index is 0.237. The molecule has 2 rings (SSSR count). The number of hydrogen-bond donors (Lipinski definition) is 2. The molecule has 0 amide bonds. The maximum Gasteiger partial charge on any atom is 0.0474 e. The molecule has 0 aromatic rings. The molecule has 2 heterocycles. The Morgan fingerprint density at radius 3 is 2.50 bits per heavy atom. The van der Waals surface area contributed by atoms with Gasteiger partial charge in [0.25, 0.3) is 0 Å². The van der Waals surface area contributed by atoms with Crippen LogP contribution in [0.1, 0.15) is 53.4 Å². The molecule has 2 fully saturated rings. The minimum Gasteiger partial charge on any atom is -0.385 e. The Hall–Kier alpha value is -0.160. The Kier molecular flexibility index (Phi) is 6.29. The predicted octanol–water partition coefficient (Wildman–Crippen LogP) is 2.24. The molecular formula is C18H37N3O. The fraction of sp³-hybridized carbons (Fsp3) is 1.00. The second-order valence-electron chi connectivity index (χ2n) is 8.71. The lowest BCUT2D eigenvalue weighted by molar-refractivity contribution is 0.143. The lowest BCUT2D eigenvalue weighted by Gasteiger charge is -2.47. The summed E-state index contributed by atoms with van der Waals surface area (Å²) in [4.78, 5) is 2.60. The smallest absolute Gasteiger partial charge is 0.0474 e. The first-order chi connectivity index (χ1) is 10.3. The highest BCUT2D eigenvalue weighted by Gasteiger charge is 2.37. The van der Waals surface area contributed by atoms with Crippen LogP contribution in [0.4, 0.5) is 0 Å². The molecule has 0 radical (unpaired) electrons. The first-order valence-electron chi connectivity index (χ1n) is 9.04. The standard InChI is InChI=1S/C18H37N3O/c1-17(2)11-16(12-18(3,4)20-17)19-13-15-7-9-21(14-15)8-6-10-22-5/h15-16,19-20H,6-14H2,1-5H3. The average Bonchev–Trinajstić information content (AvgIpc) is 2.81. The van der Waals surface area contributed by atoms with Gasteiger partial charge in [-0.05, 0) is 72.4 Å². The van der Waals surface area contributed by atoms with Gasteiger partial charge in [0, 0.05) is 43.9 Å². The molecule has 1 atom stereocenters. The largest absolute Gasteiger partial charge is 0.385 e. The van der Waals surface area contributed by atoms with E-state index in [0.717, 1.165) is 18.9 Å². The summed E-state index contributed by atoms with van der Waals surface area (Å²) in [6, 6.07) is 0.647. The van der Waals surface area contributed by atoms with Crippen molar-refractivity contribution in [2.45, 2.75) is 70.5 Å². The van der Waals surface area contributed by atoms with Crippen molar-refractivity contribution in [2.75, 3.05) is 39.9 Å². The van der Waals surface area contributed by atoms with E-state index in [-0.39, 0.29) is 11.1 Å². The van der Waals surface area contributed by atoms with Gasteiger partial charge in [-0.2, -0.15) is 0 Å². The maximum absolute atomic E-state index is 5.15. The van der Waals surface area contributed by atoms with Crippen molar-refractivity contribution in [2.24, 2.45) is 5.92 Å². The highest BCUT2D eigenvalue weighted by atomic mass is 16.5. The van der Waals surface area contributed by atoms with E-state index >= 15 is 0 Å². The van der Waals surface area contributed by atoms with E-state index < -0.39 is 0 Å². The number of piperidine rings is 1. The molecule has 2 aliphatic heterocycles. The zero-order valence-electron chi connectivity index (χ0n) is 15.4. The second-order valence-corrected chi connectivity index (χ2v) is 8.71. The summed E-state index contributed by atoms with van der Waals surface area (Å²) in [5.41, 5.74) is 0.475. The van der Waals surface area contributed by atoms with Crippen LogP contribution in [0, 0.1) is 5.92 Å². The first kappa shape index (κ1) is 18.2. The van der Waals surface area contributed by atoms with Crippen molar-refractivity contribution in [3.05, 3.63) is 0 Å². The summed E-state index contributed by atoms with van der Waals surface area (Å²) in [6.45, 7) is 15.1. The molecule has 2 saturated heterocycles. The predicted molar refractivity (Wildman–Crippen MR) is 93.4 cm³/mol. The third-order valence-electron chi connectivity index (χ3n) is 5.08. The van der Waals surface area contributed by atoms with Gasteiger partial charge in [0.2, 0.25) is 0 Å². The van der Waals surface area contributed by atoms with E-state index in [1.807, 2.05) is 0 Å². The third kappa shape index (κ3) is 5.80. The maximum atomic E-state index is 5.15. The lowest BCUT2D eigenvalue weighted by atomic mass is 9.79. The van der Waals surface area contributed by atoms with Crippen LogP contribution in [-0.4, -0.2) is 61.9 Å².